The van der Waals surface area contributed by atoms with Gasteiger partial charge in [-0.2, -0.15) is 0 Å². The number of non-ortho nitro benzene ring substituents is 1. The fraction of sp³-hybridized carbons (Fsp3) is 0.294. The normalized spacial score (nSPS) is 14.1. The average molecular weight is 298 g/mol. The van der Waals surface area contributed by atoms with Crippen molar-refractivity contribution in [2.24, 2.45) is 0 Å². The van der Waals surface area contributed by atoms with Gasteiger partial charge in [0.1, 0.15) is 11.5 Å². The van der Waals surface area contributed by atoms with Gasteiger partial charge in [0.2, 0.25) is 0 Å². The highest BCUT2D eigenvalue weighted by molar-refractivity contribution is 5.59. The molecule has 1 aliphatic rings. The van der Waals surface area contributed by atoms with Crippen LogP contribution in [-0.4, -0.2) is 18.0 Å². The molecule has 1 aliphatic heterocycles. The minimum absolute atomic E-state index is 0.0621. The van der Waals surface area contributed by atoms with Crippen molar-refractivity contribution in [1.82, 2.24) is 0 Å². The quantitative estimate of drug-likeness (QED) is 0.624. The SMILES string of the molecule is Cc1cccc(Oc2cc(N3CCCC3)cc([N+](=O)[O-])c2)c1. The van der Waals surface area contributed by atoms with Crippen LogP contribution < -0.4 is 9.64 Å². The molecule has 2 aromatic carbocycles. The second kappa shape index (κ2) is 6.05. The molecule has 0 aliphatic carbocycles. The molecule has 0 radical (unpaired) electrons. The van der Waals surface area contributed by atoms with E-state index in [1.54, 1.807) is 6.07 Å². The van der Waals surface area contributed by atoms with Gasteiger partial charge in [0.25, 0.3) is 5.69 Å². The van der Waals surface area contributed by atoms with Crippen LogP contribution in [0.15, 0.2) is 42.5 Å². The maximum atomic E-state index is 11.2. The highest BCUT2D eigenvalue weighted by Gasteiger charge is 2.18. The molecule has 2 aromatic rings. The molecule has 0 atom stereocenters. The van der Waals surface area contributed by atoms with Crippen LogP contribution in [0.25, 0.3) is 0 Å². The second-order valence-corrected chi connectivity index (χ2v) is 5.55. The van der Waals surface area contributed by atoms with Crippen molar-refractivity contribution < 1.29 is 9.66 Å². The van der Waals surface area contributed by atoms with Crippen LogP contribution in [0.2, 0.25) is 0 Å². The van der Waals surface area contributed by atoms with Crippen molar-refractivity contribution in [3.05, 3.63) is 58.1 Å². The third-order valence-corrected chi connectivity index (χ3v) is 3.78. The number of rotatable bonds is 4. The van der Waals surface area contributed by atoms with Crippen LogP contribution in [0.3, 0.4) is 0 Å². The molecule has 0 spiro atoms. The van der Waals surface area contributed by atoms with E-state index in [1.165, 1.54) is 6.07 Å². The van der Waals surface area contributed by atoms with E-state index in [-0.39, 0.29) is 10.6 Å². The summed E-state index contributed by atoms with van der Waals surface area (Å²) in [5.74, 6) is 1.19. The Morgan fingerprint density at radius 1 is 1.09 bits per heavy atom. The molecule has 5 heteroatoms. The Kier molecular flexibility index (Phi) is 3.96. The van der Waals surface area contributed by atoms with Gasteiger partial charge in [-0.15, -0.1) is 0 Å². The lowest BCUT2D eigenvalue weighted by Gasteiger charge is -2.18. The lowest BCUT2D eigenvalue weighted by molar-refractivity contribution is -0.384. The minimum Gasteiger partial charge on any atom is -0.457 e. The smallest absolute Gasteiger partial charge is 0.275 e. The molecule has 114 valence electrons. The van der Waals surface area contributed by atoms with E-state index in [0.717, 1.165) is 37.2 Å². The molecule has 0 unspecified atom stereocenters. The van der Waals surface area contributed by atoms with Gasteiger partial charge in [-0.1, -0.05) is 12.1 Å². The van der Waals surface area contributed by atoms with E-state index >= 15 is 0 Å². The summed E-state index contributed by atoms with van der Waals surface area (Å²) in [6.07, 6.45) is 2.24. The van der Waals surface area contributed by atoms with Crippen molar-refractivity contribution in [1.29, 1.82) is 0 Å². The Morgan fingerprint density at radius 3 is 2.55 bits per heavy atom. The zero-order valence-electron chi connectivity index (χ0n) is 12.5. The molecular weight excluding hydrogens is 280 g/mol. The highest BCUT2D eigenvalue weighted by Crippen LogP contribution is 2.33. The van der Waals surface area contributed by atoms with E-state index in [4.69, 9.17) is 4.74 Å². The van der Waals surface area contributed by atoms with Gasteiger partial charge in [0.05, 0.1) is 11.0 Å². The number of nitrogens with zero attached hydrogens (tertiary/aromatic N) is 2. The summed E-state index contributed by atoms with van der Waals surface area (Å²) in [5.41, 5.74) is 2.00. The molecule has 0 aromatic heterocycles. The number of anilines is 1. The summed E-state index contributed by atoms with van der Waals surface area (Å²) < 4.78 is 5.82. The first-order chi connectivity index (χ1) is 10.6. The number of aryl methyl sites for hydroxylation is 1. The van der Waals surface area contributed by atoms with Crippen LogP contribution in [0, 0.1) is 17.0 Å². The van der Waals surface area contributed by atoms with Gasteiger partial charge in [-0.05, 0) is 37.5 Å². The zero-order valence-corrected chi connectivity index (χ0v) is 12.5. The zero-order chi connectivity index (χ0) is 15.5. The van der Waals surface area contributed by atoms with Crippen LogP contribution in [0.5, 0.6) is 11.5 Å². The molecule has 5 nitrogen and oxygen atoms in total. The Labute approximate surface area is 129 Å². The average Bonchev–Trinajstić information content (AvgIpc) is 3.01. The van der Waals surface area contributed by atoms with Gasteiger partial charge in [0.15, 0.2) is 0 Å². The van der Waals surface area contributed by atoms with Crippen LogP contribution in [-0.2, 0) is 0 Å². The van der Waals surface area contributed by atoms with Crippen LogP contribution in [0.1, 0.15) is 18.4 Å². The van der Waals surface area contributed by atoms with Crippen LogP contribution >= 0.6 is 0 Å². The molecule has 1 saturated heterocycles. The molecule has 0 saturated carbocycles. The van der Waals surface area contributed by atoms with E-state index < -0.39 is 0 Å². The van der Waals surface area contributed by atoms with Crippen molar-refractivity contribution >= 4 is 11.4 Å². The van der Waals surface area contributed by atoms with Gasteiger partial charge < -0.3 is 9.64 Å². The predicted molar refractivity (Wildman–Crippen MR) is 85.8 cm³/mol. The van der Waals surface area contributed by atoms with Crippen molar-refractivity contribution in [2.45, 2.75) is 19.8 Å². The summed E-state index contributed by atoms with van der Waals surface area (Å²) in [5, 5.41) is 11.2. The molecule has 1 heterocycles. The number of hydrogen-bond acceptors (Lipinski definition) is 4. The fourth-order valence-electron chi connectivity index (χ4n) is 2.71. The van der Waals surface area contributed by atoms with Gasteiger partial charge in [0, 0.05) is 30.9 Å². The summed E-state index contributed by atoms with van der Waals surface area (Å²) in [7, 11) is 0. The van der Waals surface area contributed by atoms with Crippen LogP contribution in [0.4, 0.5) is 11.4 Å². The molecule has 22 heavy (non-hydrogen) atoms. The number of ether oxygens (including phenoxy) is 1. The first kappa shape index (κ1) is 14.4. The van der Waals surface area contributed by atoms with E-state index in [0.29, 0.717) is 11.5 Å². The standard InChI is InChI=1S/C17H18N2O3/c1-13-5-4-6-16(9-13)22-17-11-14(18-7-2-3-8-18)10-15(12-17)19(20)21/h4-6,9-12H,2-3,7-8H2,1H3. The Balaban J connectivity index is 1.93. The molecule has 0 amide bonds. The monoisotopic (exact) mass is 298 g/mol. The molecule has 1 fully saturated rings. The minimum atomic E-state index is -0.372. The van der Waals surface area contributed by atoms with E-state index in [1.807, 2.05) is 37.3 Å². The highest BCUT2D eigenvalue weighted by atomic mass is 16.6. The fourth-order valence-corrected chi connectivity index (χ4v) is 2.71. The predicted octanol–water partition coefficient (Wildman–Crippen LogP) is 4.30. The largest absolute Gasteiger partial charge is 0.457 e. The lowest BCUT2D eigenvalue weighted by atomic mass is 10.2. The summed E-state index contributed by atoms with van der Waals surface area (Å²) in [6.45, 7) is 3.85. The third-order valence-electron chi connectivity index (χ3n) is 3.78. The van der Waals surface area contributed by atoms with E-state index in [9.17, 15) is 10.1 Å². The topological polar surface area (TPSA) is 55.6 Å². The maximum absolute atomic E-state index is 11.2. The molecule has 0 N–H and O–H groups in total. The Morgan fingerprint density at radius 2 is 1.86 bits per heavy atom. The van der Waals surface area contributed by atoms with Gasteiger partial charge >= 0.3 is 0 Å². The van der Waals surface area contributed by atoms with Crippen molar-refractivity contribution in [3.8, 4) is 11.5 Å². The number of nitro groups is 1. The molecule has 3 rings (SSSR count). The van der Waals surface area contributed by atoms with Gasteiger partial charge in [-0.25, -0.2) is 0 Å². The Bertz CT molecular complexity index is 694. The third kappa shape index (κ3) is 3.19. The van der Waals surface area contributed by atoms with E-state index in [2.05, 4.69) is 4.90 Å². The van der Waals surface area contributed by atoms with Crippen molar-refractivity contribution in [2.75, 3.05) is 18.0 Å². The number of nitro benzene ring substituents is 1. The maximum Gasteiger partial charge on any atom is 0.275 e. The number of hydrogen-bond donors (Lipinski definition) is 0. The van der Waals surface area contributed by atoms with Gasteiger partial charge in [-0.3, -0.25) is 10.1 Å². The molecule has 0 bridgehead atoms. The molecular formula is C17H18N2O3. The Hall–Kier alpha value is -2.56. The lowest BCUT2D eigenvalue weighted by Crippen LogP contribution is -2.17. The summed E-state index contributed by atoms with van der Waals surface area (Å²) >= 11 is 0. The number of benzene rings is 2. The first-order valence-electron chi connectivity index (χ1n) is 7.41. The first-order valence-corrected chi connectivity index (χ1v) is 7.41. The van der Waals surface area contributed by atoms with Crippen molar-refractivity contribution in [3.63, 3.8) is 0 Å². The second-order valence-electron chi connectivity index (χ2n) is 5.55. The summed E-state index contributed by atoms with van der Waals surface area (Å²) in [6, 6.07) is 12.6. The summed E-state index contributed by atoms with van der Waals surface area (Å²) in [4.78, 5) is 12.9.